The Bertz CT molecular complexity index is 379. The molecule has 0 aliphatic rings. The largest absolute Gasteiger partial charge is 1.00 e. The van der Waals surface area contributed by atoms with Crippen LogP contribution in [0.5, 0.6) is 0 Å². The maximum atomic E-state index is 9.87. The van der Waals surface area contributed by atoms with Gasteiger partial charge in [-0.1, -0.05) is 13.3 Å². The fourth-order valence-electron chi connectivity index (χ4n) is 1.16. The summed E-state index contributed by atoms with van der Waals surface area (Å²) in [5.74, 6) is 1.10. The van der Waals surface area contributed by atoms with E-state index in [1.165, 1.54) is 12.8 Å². The number of hydrogen-bond donors (Lipinski definition) is 2. The van der Waals surface area contributed by atoms with E-state index in [4.69, 9.17) is 5.73 Å². The molecule has 116 valence electrons. The van der Waals surface area contributed by atoms with E-state index in [0.717, 1.165) is 24.4 Å². The average Bonchev–Trinajstić information content (AvgIpc) is 2.58. The summed E-state index contributed by atoms with van der Waals surface area (Å²) in [4.78, 5) is 7.52. The summed E-state index contributed by atoms with van der Waals surface area (Å²) in [6.07, 6.45) is 6.26. The summed E-state index contributed by atoms with van der Waals surface area (Å²) in [6, 6.07) is 0. The fraction of sp³-hybridized carbons (Fsp3) is 0.667. The SMILES string of the molecule is CCCCc1ncc(CCN)[nH]1.F[P-](F)(F)(F)(F)F.[H+]. The number of nitrogens with zero attached hydrogens (tertiary/aromatic N) is 1. The van der Waals surface area contributed by atoms with E-state index in [2.05, 4.69) is 16.9 Å². The summed E-state index contributed by atoms with van der Waals surface area (Å²) >= 11 is 0. The molecule has 10 heteroatoms. The van der Waals surface area contributed by atoms with Gasteiger partial charge in [0.05, 0.1) is 0 Å². The number of nitrogens with one attached hydrogen (secondary N) is 1. The second-order valence-electron chi connectivity index (χ2n) is 3.96. The van der Waals surface area contributed by atoms with Crippen molar-refractivity contribution in [1.29, 1.82) is 0 Å². The van der Waals surface area contributed by atoms with Gasteiger partial charge in [-0.2, -0.15) is 0 Å². The number of imidazole rings is 1. The van der Waals surface area contributed by atoms with Crippen molar-refractivity contribution in [3.05, 3.63) is 17.7 Å². The van der Waals surface area contributed by atoms with Crippen molar-refractivity contribution in [3.63, 3.8) is 0 Å². The molecular formula is C9H18F6N3P. The minimum absolute atomic E-state index is 0. The summed E-state index contributed by atoms with van der Waals surface area (Å²) < 4.78 is 59.2. The van der Waals surface area contributed by atoms with Crippen LogP contribution in [0.3, 0.4) is 0 Å². The van der Waals surface area contributed by atoms with Gasteiger partial charge in [0.15, 0.2) is 0 Å². The van der Waals surface area contributed by atoms with Gasteiger partial charge in [0.2, 0.25) is 0 Å². The molecule has 0 bridgehead atoms. The molecule has 0 aromatic carbocycles. The topological polar surface area (TPSA) is 54.7 Å². The van der Waals surface area contributed by atoms with Crippen LogP contribution >= 0.6 is 7.81 Å². The fourth-order valence-corrected chi connectivity index (χ4v) is 1.16. The van der Waals surface area contributed by atoms with Crippen LogP contribution < -0.4 is 5.73 Å². The van der Waals surface area contributed by atoms with Crippen LogP contribution in [0, 0.1) is 0 Å². The molecule has 0 aliphatic carbocycles. The van der Waals surface area contributed by atoms with Crippen LogP contribution in [-0.2, 0) is 12.8 Å². The molecule has 1 rings (SSSR count). The van der Waals surface area contributed by atoms with Gasteiger partial charge in [0.25, 0.3) is 0 Å². The maximum absolute atomic E-state index is 10.7. The third-order valence-electron chi connectivity index (χ3n) is 1.86. The van der Waals surface area contributed by atoms with Crippen molar-refractivity contribution in [2.75, 3.05) is 6.54 Å². The zero-order valence-corrected chi connectivity index (χ0v) is 11.2. The third-order valence-corrected chi connectivity index (χ3v) is 1.86. The summed E-state index contributed by atoms with van der Waals surface area (Å²) in [6.45, 7) is 2.87. The van der Waals surface area contributed by atoms with Gasteiger partial charge in [0.1, 0.15) is 5.82 Å². The zero-order valence-electron chi connectivity index (χ0n) is 11.4. The van der Waals surface area contributed by atoms with Crippen molar-refractivity contribution in [1.82, 2.24) is 9.97 Å². The van der Waals surface area contributed by atoms with E-state index in [-0.39, 0.29) is 1.43 Å². The van der Waals surface area contributed by atoms with E-state index in [1.807, 2.05) is 6.20 Å². The second kappa shape index (κ2) is 5.66. The molecule has 3 N–H and O–H groups in total. The Morgan fingerprint density at radius 3 is 2.16 bits per heavy atom. The molecule has 1 heterocycles. The first-order chi connectivity index (χ1) is 8.31. The van der Waals surface area contributed by atoms with Crippen LogP contribution in [0.15, 0.2) is 6.20 Å². The first-order valence-corrected chi connectivity index (χ1v) is 7.64. The van der Waals surface area contributed by atoms with Gasteiger partial charge in [-0.15, -0.1) is 0 Å². The Morgan fingerprint density at radius 1 is 1.21 bits per heavy atom. The van der Waals surface area contributed by atoms with E-state index < -0.39 is 7.81 Å². The summed E-state index contributed by atoms with van der Waals surface area (Å²) in [7, 11) is -10.7. The average molecular weight is 313 g/mol. The van der Waals surface area contributed by atoms with E-state index in [1.54, 1.807) is 0 Å². The van der Waals surface area contributed by atoms with E-state index in [0.29, 0.717) is 6.54 Å². The number of rotatable bonds is 5. The normalized spacial score (nSPS) is 15.2. The minimum Gasteiger partial charge on any atom is 1.00 e. The predicted molar refractivity (Wildman–Crippen MR) is 64.6 cm³/mol. The van der Waals surface area contributed by atoms with Gasteiger partial charge < -0.3 is 10.7 Å². The number of unbranched alkanes of at least 4 members (excludes halogenated alkanes) is 1. The van der Waals surface area contributed by atoms with Crippen molar-refractivity contribution in [2.24, 2.45) is 5.73 Å². The van der Waals surface area contributed by atoms with Crippen LogP contribution in [0.25, 0.3) is 0 Å². The van der Waals surface area contributed by atoms with Crippen LogP contribution in [0.2, 0.25) is 0 Å². The Labute approximate surface area is 108 Å². The Kier molecular flexibility index (Phi) is 5.42. The van der Waals surface area contributed by atoms with Crippen LogP contribution in [0.1, 0.15) is 32.7 Å². The molecule has 0 spiro atoms. The van der Waals surface area contributed by atoms with Gasteiger partial charge in [-0.05, 0) is 13.0 Å². The molecule has 0 amide bonds. The molecule has 0 radical (unpaired) electrons. The number of aromatic amines is 1. The standard InChI is InChI=1S/C9H17N3.F6P/c1-2-3-4-9-11-7-8(12-9)5-6-10;1-7(2,3,4,5)6/h7H,2-6,10H2,1H3,(H,11,12);/q;-1/p+1. The van der Waals surface area contributed by atoms with Gasteiger partial charge >= 0.3 is 34.4 Å². The van der Waals surface area contributed by atoms with Gasteiger partial charge in [-0.3, -0.25) is 0 Å². The number of aromatic nitrogens is 2. The molecule has 1 aromatic heterocycles. The first-order valence-electron chi connectivity index (χ1n) is 5.61. The number of aryl methyl sites for hydroxylation is 1. The second-order valence-corrected chi connectivity index (χ2v) is 5.87. The quantitative estimate of drug-likeness (QED) is 0.609. The van der Waals surface area contributed by atoms with Crippen molar-refractivity contribution in [3.8, 4) is 0 Å². The van der Waals surface area contributed by atoms with Gasteiger partial charge in [-0.25, -0.2) is 4.98 Å². The van der Waals surface area contributed by atoms with Crippen molar-refractivity contribution in [2.45, 2.75) is 32.6 Å². The monoisotopic (exact) mass is 313 g/mol. The Hall–Kier alpha value is -0.820. The van der Waals surface area contributed by atoms with Gasteiger partial charge in [0, 0.05) is 24.7 Å². The summed E-state index contributed by atoms with van der Waals surface area (Å²) in [5.41, 5.74) is 6.58. The Morgan fingerprint density at radius 2 is 1.74 bits per heavy atom. The number of H-pyrrole nitrogens is 1. The smallest absolute Gasteiger partial charge is 1.00 e. The summed E-state index contributed by atoms with van der Waals surface area (Å²) in [5, 5.41) is 0. The van der Waals surface area contributed by atoms with E-state index >= 15 is 0 Å². The van der Waals surface area contributed by atoms with Crippen LogP contribution in [0.4, 0.5) is 25.2 Å². The molecule has 0 saturated heterocycles. The Balaban J connectivity index is 0. The number of nitrogens with two attached hydrogens (primary N) is 1. The molecule has 19 heavy (non-hydrogen) atoms. The first kappa shape index (κ1) is 18.2. The number of hydrogen-bond acceptors (Lipinski definition) is 2. The predicted octanol–water partition coefficient (Wildman–Crippen LogP) is 4.75. The molecule has 0 aliphatic heterocycles. The molecular weight excluding hydrogens is 295 g/mol. The van der Waals surface area contributed by atoms with Crippen molar-refractivity contribution >= 4 is 7.81 Å². The van der Waals surface area contributed by atoms with Crippen molar-refractivity contribution < 1.29 is 26.6 Å². The maximum Gasteiger partial charge on any atom is 1.00 e. The molecule has 0 atom stereocenters. The zero-order chi connectivity index (χ0) is 15.2. The molecule has 1 aromatic rings. The molecule has 3 nitrogen and oxygen atoms in total. The van der Waals surface area contributed by atoms with Crippen LogP contribution in [-0.4, -0.2) is 16.5 Å². The molecule has 0 saturated carbocycles. The third kappa shape index (κ3) is 17.2. The van der Waals surface area contributed by atoms with E-state index in [9.17, 15) is 25.2 Å². The molecule has 0 unspecified atom stereocenters. The number of halogens is 6. The molecule has 0 fully saturated rings. The minimum atomic E-state index is -10.7.